The molecule has 0 spiro atoms. The molecule has 1 amide bonds. The van der Waals surface area contributed by atoms with Gasteiger partial charge >= 0.3 is 0 Å². The summed E-state index contributed by atoms with van der Waals surface area (Å²) in [6, 6.07) is 0.245. The highest BCUT2D eigenvalue weighted by atomic mass is 16.2. The fraction of sp³-hybridized carbons (Fsp3) is 0.600. The first-order chi connectivity index (χ1) is 7.25. The molecule has 2 heterocycles. The van der Waals surface area contributed by atoms with Crippen molar-refractivity contribution in [1.29, 1.82) is 0 Å². The van der Waals surface area contributed by atoms with Crippen LogP contribution in [0.1, 0.15) is 29.2 Å². The molecule has 1 saturated heterocycles. The molecule has 82 valence electrons. The summed E-state index contributed by atoms with van der Waals surface area (Å²) in [5.74, 6) is 0.700. The molecule has 0 saturated carbocycles. The molecular formula is C10H16N4O. The van der Waals surface area contributed by atoms with Crippen LogP contribution in [0.5, 0.6) is 0 Å². The smallest absolute Gasteiger partial charge is 0.269 e. The highest BCUT2D eigenvalue weighted by molar-refractivity contribution is 5.92. The Morgan fingerprint density at radius 2 is 2.53 bits per heavy atom. The number of aryl methyl sites for hydroxylation is 1. The maximum Gasteiger partial charge on any atom is 0.269 e. The number of carbonyl (C=O) groups excluding carboxylic acids is 1. The molecule has 1 atom stereocenters. The third-order valence-electron chi connectivity index (χ3n) is 2.58. The molecule has 0 radical (unpaired) electrons. The van der Waals surface area contributed by atoms with E-state index in [0.717, 1.165) is 31.8 Å². The summed E-state index contributed by atoms with van der Waals surface area (Å²) in [7, 11) is 0. The third-order valence-corrected chi connectivity index (χ3v) is 2.58. The largest absolute Gasteiger partial charge is 0.347 e. The third kappa shape index (κ3) is 2.56. The minimum absolute atomic E-state index is 0.0655. The van der Waals surface area contributed by atoms with Crippen LogP contribution >= 0.6 is 0 Å². The van der Waals surface area contributed by atoms with E-state index < -0.39 is 0 Å². The minimum atomic E-state index is -0.0655. The van der Waals surface area contributed by atoms with E-state index in [-0.39, 0.29) is 11.9 Å². The topological polar surface area (TPSA) is 69.8 Å². The summed E-state index contributed by atoms with van der Waals surface area (Å²) in [5, 5.41) is 6.23. The molecule has 0 aromatic carbocycles. The predicted octanol–water partition coefficient (Wildman–Crippen LogP) is 0.200. The van der Waals surface area contributed by atoms with Crippen molar-refractivity contribution in [2.24, 2.45) is 0 Å². The standard InChI is InChI=1S/C10H16N4O/c1-7-12-6-9(13-7)10(15)14-8-3-2-4-11-5-8/h6,8,11H,2-5H2,1H3,(H,12,13)(H,14,15)/t8-/m1/s1. The first-order valence-corrected chi connectivity index (χ1v) is 5.29. The van der Waals surface area contributed by atoms with Crippen molar-refractivity contribution in [3.63, 3.8) is 0 Å². The van der Waals surface area contributed by atoms with Crippen LogP contribution in [0.15, 0.2) is 6.20 Å². The van der Waals surface area contributed by atoms with Crippen LogP contribution in [0.4, 0.5) is 0 Å². The van der Waals surface area contributed by atoms with Crippen LogP contribution in [-0.2, 0) is 0 Å². The molecule has 5 heteroatoms. The van der Waals surface area contributed by atoms with E-state index in [4.69, 9.17) is 0 Å². The van der Waals surface area contributed by atoms with Gasteiger partial charge in [-0.25, -0.2) is 4.98 Å². The first kappa shape index (κ1) is 10.2. The maximum atomic E-state index is 11.7. The number of piperidine rings is 1. The summed E-state index contributed by atoms with van der Waals surface area (Å²) < 4.78 is 0. The van der Waals surface area contributed by atoms with Crippen LogP contribution in [0.2, 0.25) is 0 Å². The van der Waals surface area contributed by atoms with Crippen LogP contribution in [0.25, 0.3) is 0 Å². The molecule has 1 aliphatic heterocycles. The van der Waals surface area contributed by atoms with Crippen LogP contribution < -0.4 is 10.6 Å². The number of hydrogen-bond donors (Lipinski definition) is 3. The van der Waals surface area contributed by atoms with E-state index in [1.165, 1.54) is 0 Å². The number of nitrogens with one attached hydrogen (secondary N) is 3. The van der Waals surface area contributed by atoms with E-state index >= 15 is 0 Å². The summed E-state index contributed by atoms with van der Waals surface area (Å²) in [4.78, 5) is 18.6. The van der Waals surface area contributed by atoms with Gasteiger partial charge in [-0.2, -0.15) is 0 Å². The number of amides is 1. The average molecular weight is 208 g/mol. The van der Waals surface area contributed by atoms with Gasteiger partial charge in [0.1, 0.15) is 11.5 Å². The number of nitrogens with zero attached hydrogens (tertiary/aromatic N) is 1. The number of rotatable bonds is 2. The molecule has 0 unspecified atom stereocenters. The Morgan fingerprint density at radius 1 is 1.67 bits per heavy atom. The molecular weight excluding hydrogens is 192 g/mol. The monoisotopic (exact) mass is 208 g/mol. The Hall–Kier alpha value is -1.36. The zero-order valence-electron chi connectivity index (χ0n) is 8.84. The van der Waals surface area contributed by atoms with Crippen molar-refractivity contribution in [2.45, 2.75) is 25.8 Å². The van der Waals surface area contributed by atoms with E-state index in [9.17, 15) is 4.79 Å². The predicted molar refractivity (Wildman–Crippen MR) is 56.7 cm³/mol. The second-order valence-corrected chi connectivity index (χ2v) is 3.90. The number of aromatic nitrogens is 2. The molecule has 5 nitrogen and oxygen atoms in total. The fourth-order valence-electron chi connectivity index (χ4n) is 1.77. The molecule has 0 bridgehead atoms. The Morgan fingerprint density at radius 3 is 3.13 bits per heavy atom. The zero-order chi connectivity index (χ0) is 10.7. The number of carbonyl (C=O) groups is 1. The summed E-state index contributed by atoms with van der Waals surface area (Å²) in [6.07, 6.45) is 3.74. The summed E-state index contributed by atoms with van der Waals surface area (Å²) in [5.41, 5.74) is 0.540. The quantitative estimate of drug-likeness (QED) is 0.650. The first-order valence-electron chi connectivity index (χ1n) is 5.29. The van der Waals surface area contributed by atoms with Gasteiger partial charge in [0.25, 0.3) is 5.91 Å². The van der Waals surface area contributed by atoms with E-state index in [0.29, 0.717) is 5.69 Å². The molecule has 1 aromatic heterocycles. The highest BCUT2D eigenvalue weighted by Crippen LogP contribution is 2.03. The molecule has 2 rings (SSSR count). The van der Waals surface area contributed by atoms with Gasteiger partial charge in [0.2, 0.25) is 0 Å². The lowest BCUT2D eigenvalue weighted by Gasteiger charge is -2.23. The van der Waals surface area contributed by atoms with E-state index in [1.807, 2.05) is 6.92 Å². The lowest BCUT2D eigenvalue weighted by Crippen LogP contribution is -2.45. The fourth-order valence-corrected chi connectivity index (χ4v) is 1.77. The van der Waals surface area contributed by atoms with Gasteiger partial charge in [0, 0.05) is 12.6 Å². The van der Waals surface area contributed by atoms with Crippen molar-refractivity contribution in [1.82, 2.24) is 20.6 Å². The van der Waals surface area contributed by atoms with Crippen LogP contribution in [-0.4, -0.2) is 35.0 Å². The Labute approximate surface area is 88.7 Å². The highest BCUT2D eigenvalue weighted by Gasteiger charge is 2.16. The second kappa shape index (κ2) is 4.44. The molecule has 1 aromatic rings. The molecule has 1 aliphatic rings. The molecule has 15 heavy (non-hydrogen) atoms. The number of aromatic amines is 1. The van der Waals surface area contributed by atoms with Crippen molar-refractivity contribution < 1.29 is 4.79 Å². The lowest BCUT2D eigenvalue weighted by molar-refractivity contribution is 0.0926. The van der Waals surface area contributed by atoms with Gasteiger partial charge in [-0.15, -0.1) is 0 Å². The molecule has 3 N–H and O–H groups in total. The van der Waals surface area contributed by atoms with Gasteiger partial charge in [0.05, 0.1) is 6.20 Å². The van der Waals surface area contributed by atoms with Gasteiger partial charge in [-0.3, -0.25) is 4.79 Å². The second-order valence-electron chi connectivity index (χ2n) is 3.90. The molecule has 1 fully saturated rings. The minimum Gasteiger partial charge on any atom is -0.347 e. The maximum absolute atomic E-state index is 11.7. The van der Waals surface area contributed by atoms with Crippen molar-refractivity contribution in [2.75, 3.05) is 13.1 Å². The number of H-pyrrole nitrogens is 1. The van der Waals surface area contributed by atoms with Crippen molar-refractivity contribution >= 4 is 5.91 Å². The zero-order valence-corrected chi connectivity index (χ0v) is 8.84. The SMILES string of the molecule is Cc1ncc(C(=O)N[C@@H]2CCCNC2)[nH]1. The Balaban J connectivity index is 1.91. The Bertz CT molecular complexity index is 341. The molecule has 0 aliphatic carbocycles. The normalized spacial score (nSPS) is 21.3. The van der Waals surface area contributed by atoms with Gasteiger partial charge in [-0.05, 0) is 26.3 Å². The van der Waals surface area contributed by atoms with Gasteiger partial charge in [0.15, 0.2) is 0 Å². The van der Waals surface area contributed by atoms with Gasteiger partial charge < -0.3 is 15.6 Å². The average Bonchev–Trinajstić information content (AvgIpc) is 2.66. The van der Waals surface area contributed by atoms with Crippen LogP contribution in [0.3, 0.4) is 0 Å². The van der Waals surface area contributed by atoms with Crippen molar-refractivity contribution in [3.05, 3.63) is 17.7 Å². The Kier molecular flexibility index (Phi) is 3.01. The van der Waals surface area contributed by atoms with Gasteiger partial charge in [-0.1, -0.05) is 0 Å². The van der Waals surface area contributed by atoms with E-state index in [1.54, 1.807) is 6.20 Å². The van der Waals surface area contributed by atoms with E-state index in [2.05, 4.69) is 20.6 Å². The number of hydrogen-bond acceptors (Lipinski definition) is 3. The summed E-state index contributed by atoms with van der Waals surface area (Å²) in [6.45, 7) is 3.74. The van der Waals surface area contributed by atoms with Crippen LogP contribution in [0, 0.1) is 6.92 Å². The van der Waals surface area contributed by atoms with Crippen molar-refractivity contribution in [3.8, 4) is 0 Å². The summed E-state index contributed by atoms with van der Waals surface area (Å²) >= 11 is 0. The number of imidazole rings is 1. The lowest BCUT2D eigenvalue weighted by atomic mass is 10.1.